The van der Waals surface area contributed by atoms with Gasteiger partial charge in [0.25, 0.3) is 0 Å². The van der Waals surface area contributed by atoms with E-state index in [2.05, 4.69) is 61.2 Å². The summed E-state index contributed by atoms with van der Waals surface area (Å²) in [6, 6.07) is 17.0. The monoisotopic (exact) mass is 305 g/mol. The quantitative estimate of drug-likeness (QED) is 0.797. The molecule has 2 aromatic carbocycles. The highest BCUT2D eigenvalue weighted by atomic mass is 16.1. The van der Waals surface area contributed by atoms with Crippen molar-refractivity contribution in [2.45, 2.75) is 39.7 Å². The first-order valence-corrected chi connectivity index (χ1v) is 8.25. The molecule has 0 heterocycles. The standard InChI is InChI=1S/C21H23NO/c1-16-11-12-20(13-17(16)2)22(15-18-7-4-3-5-8-18)19-9-6-10-21(23)14-19/h3-5,7-8,11-14H,6,9-10,15H2,1-2H3. The molecule has 1 aliphatic rings. The van der Waals surface area contributed by atoms with Crippen molar-refractivity contribution in [3.8, 4) is 0 Å². The maximum atomic E-state index is 11.9. The largest absolute Gasteiger partial charge is 0.341 e. The molecule has 0 bridgehead atoms. The van der Waals surface area contributed by atoms with Crippen LogP contribution in [-0.4, -0.2) is 5.78 Å². The molecule has 1 aliphatic carbocycles. The number of ketones is 1. The predicted octanol–water partition coefficient (Wildman–Crippen LogP) is 4.95. The van der Waals surface area contributed by atoms with Crippen molar-refractivity contribution in [3.05, 3.63) is 77.0 Å². The van der Waals surface area contributed by atoms with Crippen LogP contribution < -0.4 is 4.90 Å². The molecule has 2 heteroatoms. The van der Waals surface area contributed by atoms with Gasteiger partial charge in [-0.05, 0) is 55.5 Å². The van der Waals surface area contributed by atoms with Crippen LogP contribution >= 0.6 is 0 Å². The van der Waals surface area contributed by atoms with Crippen LogP contribution in [0.2, 0.25) is 0 Å². The van der Waals surface area contributed by atoms with E-state index in [9.17, 15) is 4.79 Å². The smallest absolute Gasteiger partial charge is 0.157 e. The summed E-state index contributed by atoms with van der Waals surface area (Å²) < 4.78 is 0. The van der Waals surface area contributed by atoms with Crippen molar-refractivity contribution in [2.75, 3.05) is 4.90 Å². The molecule has 118 valence electrons. The van der Waals surface area contributed by atoms with Crippen molar-refractivity contribution in [2.24, 2.45) is 0 Å². The first-order valence-electron chi connectivity index (χ1n) is 8.25. The molecule has 23 heavy (non-hydrogen) atoms. The molecule has 0 amide bonds. The van der Waals surface area contributed by atoms with Gasteiger partial charge in [0.1, 0.15) is 0 Å². The maximum Gasteiger partial charge on any atom is 0.157 e. The number of anilines is 1. The van der Waals surface area contributed by atoms with E-state index in [1.165, 1.54) is 16.7 Å². The molecular formula is C21H23NO. The van der Waals surface area contributed by atoms with Crippen LogP contribution in [0.4, 0.5) is 5.69 Å². The van der Waals surface area contributed by atoms with Crippen molar-refractivity contribution < 1.29 is 4.79 Å². The van der Waals surface area contributed by atoms with E-state index in [-0.39, 0.29) is 5.78 Å². The average molecular weight is 305 g/mol. The van der Waals surface area contributed by atoms with Gasteiger partial charge in [0.2, 0.25) is 0 Å². The second kappa shape index (κ2) is 6.82. The van der Waals surface area contributed by atoms with Crippen LogP contribution in [-0.2, 0) is 11.3 Å². The third-order valence-electron chi connectivity index (χ3n) is 4.52. The molecule has 0 spiro atoms. The molecule has 2 aromatic rings. The SMILES string of the molecule is Cc1ccc(N(Cc2ccccc2)C2=CC(=O)CCC2)cc1C. The summed E-state index contributed by atoms with van der Waals surface area (Å²) in [5.41, 5.74) is 6.13. The Hall–Kier alpha value is -2.35. The Balaban J connectivity index is 1.98. The summed E-state index contributed by atoms with van der Waals surface area (Å²) in [5.74, 6) is 0.244. The fraction of sp³-hybridized carbons (Fsp3) is 0.286. The summed E-state index contributed by atoms with van der Waals surface area (Å²) in [4.78, 5) is 14.2. The topological polar surface area (TPSA) is 20.3 Å². The number of aryl methyl sites for hydroxylation is 2. The van der Waals surface area contributed by atoms with Crippen molar-refractivity contribution in [1.82, 2.24) is 0 Å². The lowest BCUT2D eigenvalue weighted by Crippen LogP contribution is -2.25. The molecule has 0 fully saturated rings. The summed E-state index contributed by atoms with van der Waals surface area (Å²) in [7, 11) is 0. The van der Waals surface area contributed by atoms with Crippen LogP contribution in [0.25, 0.3) is 0 Å². The molecule has 2 nitrogen and oxygen atoms in total. The Morgan fingerprint density at radius 2 is 1.74 bits per heavy atom. The van der Waals surface area contributed by atoms with E-state index in [0.717, 1.165) is 30.8 Å². The zero-order chi connectivity index (χ0) is 16.2. The number of carbonyl (C=O) groups excluding carboxylic acids is 1. The fourth-order valence-corrected chi connectivity index (χ4v) is 3.00. The molecule has 0 atom stereocenters. The van der Waals surface area contributed by atoms with E-state index in [0.29, 0.717) is 6.42 Å². The first kappa shape index (κ1) is 15.5. The minimum atomic E-state index is 0.244. The van der Waals surface area contributed by atoms with Crippen molar-refractivity contribution >= 4 is 11.5 Å². The van der Waals surface area contributed by atoms with Crippen LogP contribution in [0, 0.1) is 13.8 Å². The predicted molar refractivity (Wildman–Crippen MR) is 95.5 cm³/mol. The van der Waals surface area contributed by atoms with Crippen LogP contribution in [0.1, 0.15) is 36.0 Å². The van der Waals surface area contributed by atoms with Crippen LogP contribution in [0.5, 0.6) is 0 Å². The van der Waals surface area contributed by atoms with Crippen LogP contribution in [0.15, 0.2) is 60.3 Å². The minimum Gasteiger partial charge on any atom is -0.341 e. The Labute approximate surface area is 138 Å². The lowest BCUT2D eigenvalue weighted by molar-refractivity contribution is -0.115. The van der Waals surface area contributed by atoms with Gasteiger partial charge in [-0.25, -0.2) is 0 Å². The van der Waals surface area contributed by atoms with Gasteiger partial charge in [0, 0.05) is 30.4 Å². The summed E-state index contributed by atoms with van der Waals surface area (Å²) >= 11 is 0. The van der Waals surface area contributed by atoms with E-state index < -0.39 is 0 Å². The Morgan fingerprint density at radius 1 is 0.957 bits per heavy atom. The van der Waals surface area contributed by atoms with Gasteiger partial charge in [-0.15, -0.1) is 0 Å². The Morgan fingerprint density at radius 3 is 2.43 bits per heavy atom. The highest BCUT2D eigenvalue weighted by Crippen LogP contribution is 2.29. The molecule has 0 radical (unpaired) electrons. The molecule has 0 aliphatic heterocycles. The second-order valence-electron chi connectivity index (χ2n) is 6.30. The van der Waals surface area contributed by atoms with E-state index in [1.807, 2.05) is 12.1 Å². The number of allylic oxidation sites excluding steroid dienone is 2. The van der Waals surface area contributed by atoms with Gasteiger partial charge < -0.3 is 4.90 Å². The number of hydrogen-bond donors (Lipinski definition) is 0. The summed E-state index contributed by atoms with van der Waals surface area (Å²) in [6.07, 6.45) is 4.42. The van der Waals surface area contributed by atoms with Gasteiger partial charge in [-0.2, -0.15) is 0 Å². The zero-order valence-corrected chi connectivity index (χ0v) is 13.9. The highest BCUT2D eigenvalue weighted by molar-refractivity contribution is 5.91. The van der Waals surface area contributed by atoms with E-state index in [1.54, 1.807) is 0 Å². The fourth-order valence-electron chi connectivity index (χ4n) is 3.00. The Kier molecular flexibility index (Phi) is 4.61. The summed E-state index contributed by atoms with van der Waals surface area (Å²) in [6.45, 7) is 5.06. The first-order chi connectivity index (χ1) is 11.1. The Bertz CT molecular complexity index is 731. The number of carbonyl (C=O) groups is 1. The van der Waals surface area contributed by atoms with Crippen LogP contribution in [0.3, 0.4) is 0 Å². The molecule has 0 unspecified atom stereocenters. The normalized spacial score (nSPS) is 14.5. The third-order valence-corrected chi connectivity index (χ3v) is 4.52. The number of nitrogens with zero attached hydrogens (tertiary/aromatic N) is 1. The van der Waals surface area contributed by atoms with Gasteiger partial charge in [0.05, 0.1) is 0 Å². The molecule has 0 aromatic heterocycles. The summed E-state index contributed by atoms with van der Waals surface area (Å²) in [5, 5.41) is 0. The van der Waals surface area contributed by atoms with Gasteiger partial charge in [0.15, 0.2) is 5.78 Å². The molecule has 3 rings (SSSR count). The van der Waals surface area contributed by atoms with Gasteiger partial charge in [-0.1, -0.05) is 36.4 Å². The molecule has 0 N–H and O–H groups in total. The highest BCUT2D eigenvalue weighted by Gasteiger charge is 2.18. The van der Waals surface area contributed by atoms with E-state index >= 15 is 0 Å². The lowest BCUT2D eigenvalue weighted by atomic mass is 10.0. The second-order valence-corrected chi connectivity index (χ2v) is 6.30. The van der Waals surface area contributed by atoms with E-state index in [4.69, 9.17) is 0 Å². The zero-order valence-electron chi connectivity index (χ0n) is 13.9. The maximum absolute atomic E-state index is 11.9. The van der Waals surface area contributed by atoms with Gasteiger partial charge >= 0.3 is 0 Å². The minimum absolute atomic E-state index is 0.244. The lowest BCUT2D eigenvalue weighted by Gasteiger charge is -2.30. The molecular weight excluding hydrogens is 282 g/mol. The molecule has 0 saturated heterocycles. The van der Waals surface area contributed by atoms with Crippen molar-refractivity contribution in [1.29, 1.82) is 0 Å². The number of benzene rings is 2. The number of hydrogen-bond acceptors (Lipinski definition) is 2. The molecule has 0 saturated carbocycles. The van der Waals surface area contributed by atoms with Crippen molar-refractivity contribution in [3.63, 3.8) is 0 Å². The third kappa shape index (κ3) is 3.70. The number of rotatable bonds is 4. The average Bonchev–Trinajstić information content (AvgIpc) is 2.56. The van der Waals surface area contributed by atoms with Gasteiger partial charge in [-0.3, -0.25) is 4.79 Å².